The molecular formula is C13H20O4. The molecule has 0 radical (unpaired) electrons. The van der Waals surface area contributed by atoms with E-state index in [9.17, 15) is 0 Å². The Morgan fingerprint density at radius 2 is 1.94 bits per heavy atom. The topological polar surface area (TPSA) is 47.9 Å². The number of hydrogen-bond acceptors (Lipinski definition) is 4. The van der Waals surface area contributed by atoms with Crippen molar-refractivity contribution in [3.63, 3.8) is 0 Å². The third kappa shape index (κ3) is 4.63. The zero-order valence-corrected chi connectivity index (χ0v) is 10.6. The summed E-state index contributed by atoms with van der Waals surface area (Å²) in [6, 6.07) is 5.36. The van der Waals surface area contributed by atoms with Gasteiger partial charge in [0.1, 0.15) is 6.61 Å². The van der Waals surface area contributed by atoms with E-state index in [1.165, 1.54) is 0 Å². The third-order valence-electron chi connectivity index (χ3n) is 2.20. The Labute approximate surface area is 102 Å². The summed E-state index contributed by atoms with van der Waals surface area (Å²) in [7, 11) is 1.59. The van der Waals surface area contributed by atoms with Crippen LogP contribution in [0.5, 0.6) is 11.5 Å². The van der Waals surface area contributed by atoms with Gasteiger partial charge in [-0.3, -0.25) is 0 Å². The van der Waals surface area contributed by atoms with Crippen LogP contribution >= 0.6 is 0 Å². The molecule has 1 rings (SSSR count). The maximum atomic E-state index is 9.05. The highest BCUT2D eigenvalue weighted by Gasteiger charge is 2.05. The molecule has 4 nitrogen and oxygen atoms in total. The Hall–Kier alpha value is -1.26. The molecule has 1 aromatic carbocycles. The van der Waals surface area contributed by atoms with Crippen molar-refractivity contribution in [3.8, 4) is 11.5 Å². The highest BCUT2D eigenvalue weighted by molar-refractivity contribution is 5.42. The van der Waals surface area contributed by atoms with E-state index in [2.05, 4.69) is 0 Å². The smallest absolute Gasteiger partial charge is 0.161 e. The van der Waals surface area contributed by atoms with Crippen molar-refractivity contribution >= 4 is 0 Å². The molecule has 0 aliphatic heterocycles. The lowest BCUT2D eigenvalue weighted by Gasteiger charge is -2.12. The Morgan fingerprint density at radius 1 is 1.18 bits per heavy atom. The summed E-state index contributed by atoms with van der Waals surface area (Å²) in [5.74, 6) is 1.29. The van der Waals surface area contributed by atoms with Gasteiger partial charge in [0, 0.05) is 0 Å². The number of aliphatic hydroxyl groups is 1. The molecule has 0 aliphatic rings. The SMILES string of the molecule is COc1ccc(CO)cc1OCCOC(C)C. The molecule has 1 N–H and O–H groups in total. The van der Waals surface area contributed by atoms with Crippen molar-refractivity contribution in [2.45, 2.75) is 26.6 Å². The molecule has 0 bridgehead atoms. The molecule has 0 amide bonds. The van der Waals surface area contributed by atoms with E-state index in [0.29, 0.717) is 24.7 Å². The molecule has 0 aliphatic carbocycles. The highest BCUT2D eigenvalue weighted by Crippen LogP contribution is 2.27. The second-order valence-corrected chi connectivity index (χ2v) is 3.91. The quantitative estimate of drug-likeness (QED) is 0.740. The highest BCUT2D eigenvalue weighted by atomic mass is 16.5. The first-order valence-corrected chi connectivity index (χ1v) is 5.69. The number of rotatable bonds is 7. The fraction of sp³-hybridized carbons (Fsp3) is 0.538. The average Bonchev–Trinajstić information content (AvgIpc) is 2.34. The molecule has 4 heteroatoms. The number of ether oxygens (including phenoxy) is 3. The van der Waals surface area contributed by atoms with Gasteiger partial charge in [0.2, 0.25) is 0 Å². The summed E-state index contributed by atoms with van der Waals surface area (Å²) in [4.78, 5) is 0. The molecule has 0 saturated heterocycles. The molecule has 0 spiro atoms. The summed E-state index contributed by atoms with van der Waals surface area (Å²) in [6.45, 7) is 4.94. The third-order valence-corrected chi connectivity index (χ3v) is 2.20. The van der Waals surface area contributed by atoms with Gasteiger partial charge in [0.25, 0.3) is 0 Å². The Bertz CT molecular complexity index is 336. The van der Waals surface area contributed by atoms with Crippen molar-refractivity contribution in [2.75, 3.05) is 20.3 Å². The molecule has 0 saturated carbocycles. The van der Waals surface area contributed by atoms with Crippen LogP contribution in [0.25, 0.3) is 0 Å². The standard InChI is InChI=1S/C13H20O4/c1-10(2)16-6-7-17-13-8-11(9-14)4-5-12(13)15-3/h4-5,8,10,14H,6-7,9H2,1-3H3. The van der Waals surface area contributed by atoms with Crippen LogP contribution in [0.3, 0.4) is 0 Å². The Kier molecular flexibility index (Phi) is 5.80. The van der Waals surface area contributed by atoms with Gasteiger partial charge in [-0.15, -0.1) is 0 Å². The van der Waals surface area contributed by atoms with E-state index in [0.717, 1.165) is 5.56 Å². The molecule has 17 heavy (non-hydrogen) atoms. The van der Waals surface area contributed by atoms with E-state index in [4.69, 9.17) is 19.3 Å². The van der Waals surface area contributed by atoms with Gasteiger partial charge in [-0.05, 0) is 31.5 Å². The van der Waals surface area contributed by atoms with Crippen LogP contribution in [0.1, 0.15) is 19.4 Å². The van der Waals surface area contributed by atoms with E-state index in [1.807, 2.05) is 13.8 Å². The van der Waals surface area contributed by atoms with Crippen LogP contribution in [0.2, 0.25) is 0 Å². The minimum Gasteiger partial charge on any atom is -0.493 e. The van der Waals surface area contributed by atoms with Crippen molar-refractivity contribution in [3.05, 3.63) is 23.8 Å². The lowest BCUT2D eigenvalue weighted by Crippen LogP contribution is -2.11. The fourth-order valence-electron chi connectivity index (χ4n) is 1.37. The maximum absolute atomic E-state index is 9.05. The minimum atomic E-state index is -0.0111. The minimum absolute atomic E-state index is 0.0111. The van der Waals surface area contributed by atoms with Gasteiger partial charge in [-0.25, -0.2) is 0 Å². The monoisotopic (exact) mass is 240 g/mol. The Morgan fingerprint density at radius 3 is 2.53 bits per heavy atom. The van der Waals surface area contributed by atoms with Crippen LogP contribution in [0, 0.1) is 0 Å². The van der Waals surface area contributed by atoms with Gasteiger partial charge in [-0.2, -0.15) is 0 Å². The van der Waals surface area contributed by atoms with Gasteiger partial charge in [0.05, 0.1) is 26.4 Å². The fourth-order valence-corrected chi connectivity index (χ4v) is 1.37. The molecule has 0 atom stereocenters. The van der Waals surface area contributed by atoms with Crippen LogP contribution in [-0.2, 0) is 11.3 Å². The van der Waals surface area contributed by atoms with Crippen molar-refractivity contribution in [1.29, 1.82) is 0 Å². The van der Waals surface area contributed by atoms with Gasteiger partial charge >= 0.3 is 0 Å². The van der Waals surface area contributed by atoms with E-state index < -0.39 is 0 Å². The van der Waals surface area contributed by atoms with Crippen LogP contribution in [0.15, 0.2) is 18.2 Å². The predicted molar refractivity (Wildman–Crippen MR) is 65.5 cm³/mol. The molecule has 0 unspecified atom stereocenters. The number of benzene rings is 1. The number of aliphatic hydroxyl groups excluding tert-OH is 1. The van der Waals surface area contributed by atoms with Crippen molar-refractivity contribution < 1.29 is 19.3 Å². The molecule has 1 aromatic rings. The number of methoxy groups -OCH3 is 1. The predicted octanol–water partition coefficient (Wildman–Crippen LogP) is 1.99. The summed E-state index contributed by atoms with van der Waals surface area (Å²) in [6.07, 6.45) is 0.198. The molecule has 96 valence electrons. The normalized spacial score (nSPS) is 10.6. The largest absolute Gasteiger partial charge is 0.493 e. The molecule has 0 aromatic heterocycles. The average molecular weight is 240 g/mol. The lowest BCUT2D eigenvalue weighted by molar-refractivity contribution is 0.0546. The van der Waals surface area contributed by atoms with E-state index >= 15 is 0 Å². The summed E-state index contributed by atoms with van der Waals surface area (Å²) in [5, 5.41) is 9.05. The van der Waals surface area contributed by atoms with Crippen molar-refractivity contribution in [2.24, 2.45) is 0 Å². The van der Waals surface area contributed by atoms with E-state index in [-0.39, 0.29) is 12.7 Å². The van der Waals surface area contributed by atoms with Crippen molar-refractivity contribution in [1.82, 2.24) is 0 Å². The lowest BCUT2D eigenvalue weighted by atomic mass is 10.2. The summed E-state index contributed by atoms with van der Waals surface area (Å²) in [5.41, 5.74) is 0.797. The zero-order valence-electron chi connectivity index (χ0n) is 10.6. The summed E-state index contributed by atoms with van der Waals surface area (Å²) >= 11 is 0. The molecule has 0 fully saturated rings. The van der Waals surface area contributed by atoms with Gasteiger partial charge in [0.15, 0.2) is 11.5 Å². The van der Waals surface area contributed by atoms with Gasteiger partial charge < -0.3 is 19.3 Å². The number of hydrogen-bond donors (Lipinski definition) is 1. The molecular weight excluding hydrogens is 220 g/mol. The maximum Gasteiger partial charge on any atom is 0.161 e. The van der Waals surface area contributed by atoms with Crippen LogP contribution in [-0.4, -0.2) is 31.5 Å². The summed E-state index contributed by atoms with van der Waals surface area (Å²) < 4.78 is 16.1. The zero-order chi connectivity index (χ0) is 12.7. The second kappa shape index (κ2) is 7.14. The van der Waals surface area contributed by atoms with Crippen LogP contribution in [0.4, 0.5) is 0 Å². The second-order valence-electron chi connectivity index (χ2n) is 3.91. The first kappa shape index (κ1) is 13.8. The van der Waals surface area contributed by atoms with Gasteiger partial charge in [-0.1, -0.05) is 6.07 Å². The molecule has 0 heterocycles. The first-order valence-electron chi connectivity index (χ1n) is 5.69. The van der Waals surface area contributed by atoms with E-state index in [1.54, 1.807) is 25.3 Å². The van der Waals surface area contributed by atoms with Crippen LogP contribution < -0.4 is 9.47 Å². The Balaban J connectivity index is 2.55. The first-order chi connectivity index (χ1) is 8.17.